The quantitative estimate of drug-likeness (QED) is 0.712. The van der Waals surface area contributed by atoms with Crippen molar-refractivity contribution in [3.63, 3.8) is 0 Å². The summed E-state index contributed by atoms with van der Waals surface area (Å²) in [5.74, 6) is 0.0949. The molecule has 0 aliphatic carbocycles. The predicted octanol–water partition coefficient (Wildman–Crippen LogP) is 3.71. The number of hydrogen-bond donors (Lipinski definition) is 1. The minimum absolute atomic E-state index is 0.0307. The normalized spacial score (nSPS) is 17.9. The lowest BCUT2D eigenvalue weighted by Crippen LogP contribution is -2.34. The SMILES string of the molecule is C[C@H](NC(=O)[C@H]1CC(=O)N(Cc2ccccn2)C1)c1cc2cc(Cl)ccc2o1. The third kappa shape index (κ3) is 3.87. The molecule has 1 aliphatic rings. The Kier molecular flexibility index (Phi) is 5.05. The molecule has 2 atom stereocenters. The zero-order valence-corrected chi connectivity index (χ0v) is 16.1. The van der Waals surface area contributed by atoms with E-state index in [1.165, 1.54) is 0 Å². The molecular formula is C21H20ClN3O3. The summed E-state index contributed by atoms with van der Waals surface area (Å²) in [4.78, 5) is 30.9. The molecule has 7 heteroatoms. The van der Waals surface area contributed by atoms with E-state index in [4.69, 9.17) is 16.0 Å². The van der Waals surface area contributed by atoms with Crippen molar-refractivity contribution >= 4 is 34.4 Å². The number of fused-ring (bicyclic) bond motifs is 1. The van der Waals surface area contributed by atoms with Gasteiger partial charge in [0.2, 0.25) is 11.8 Å². The third-order valence-electron chi connectivity index (χ3n) is 4.95. The van der Waals surface area contributed by atoms with Crippen molar-refractivity contribution in [1.82, 2.24) is 15.2 Å². The van der Waals surface area contributed by atoms with Crippen molar-refractivity contribution < 1.29 is 14.0 Å². The number of aromatic nitrogens is 1. The molecule has 0 radical (unpaired) electrons. The Morgan fingerprint density at radius 3 is 3.00 bits per heavy atom. The van der Waals surface area contributed by atoms with E-state index >= 15 is 0 Å². The summed E-state index contributed by atoms with van der Waals surface area (Å²) in [7, 11) is 0. The van der Waals surface area contributed by atoms with Crippen molar-refractivity contribution in [1.29, 1.82) is 0 Å². The van der Waals surface area contributed by atoms with Crippen LogP contribution in [0.3, 0.4) is 0 Å². The number of carbonyl (C=O) groups excluding carboxylic acids is 2. The number of amides is 2. The molecule has 1 fully saturated rings. The fourth-order valence-corrected chi connectivity index (χ4v) is 3.62. The number of likely N-dealkylation sites (tertiary alicyclic amines) is 1. The number of halogens is 1. The number of furan rings is 1. The summed E-state index contributed by atoms with van der Waals surface area (Å²) in [6.45, 7) is 2.67. The van der Waals surface area contributed by atoms with Gasteiger partial charge in [0.15, 0.2) is 0 Å². The molecule has 6 nitrogen and oxygen atoms in total. The second kappa shape index (κ2) is 7.64. The largest absolute Gasteiger partial charge is 0.459 e. The fourth-order valence-electron chi connectivity index (χ4n) is 3.44. The van der Waals surface area contributed by atoms with Crippen LogP contribution in [0.25, 0.3) is 11.0 Å². The van der Waals surface area contributed by atoms with Gasteiger partial charge >= 0.3 is 0 Å². The van der Waals surface area contributed by atoms with Crippen LogP contribution in [-0.4, -0.2) is 28.2 Å². The topological polar surface area (TPSA) is 75.4 Å². The van der Waals surface area contributed by atoms with Crippen molar-refractivity contribution in [2.24, 2.45) is 5.92 Å². The van der Waals surface area contributed by atoms with E-state index in [1.807, 2.05) is 37.3 Å². The highest BCUT2D eigenvalue weighted by Crippen LogP contribution is 2.27. The number of rotatable bonds is 5. The monoisotopic (exact) mass is 397 g/mol. The van der Waals surface area contributed by atoms with Crippen LogP contribution in [0.15, 0.2) is 53.1 Å². The van der Waals surface area contributed by atoms with Gasteiger partial charge in [0.05, 0.1) is 24.2 Å². The first kappa shape index (κ1) is 18.5. The molecule has 4 rings (SSSR count). The summed E-state index contributed by atoms with van der Waals surface area (Å²) < 4.78 is 5.81. The molecular weight excluding hydrogens is 378 g/mol. The highest BCUT2D eigenvalue weighted by Gasteiger charge is 2.35. The van der Waals surface area contributed by atoms with E-state index in [0.29, 0.717) is 23.9 Å². The van der Waals surface area contributed by atoms with Gasteiger partial charge in [-0.15, -0.1) is 0 Å². The summed E-state index contributed by atoms with van der Waals surface area (Å²) in [5.41, 5.74) is 1.53. The second-order valence-electron chi connectivity index (χ2n) is 7.06. The van der Waals surface area contributed by atoms with Crippen LogP contribution in [0.4, 0.5) is 0 Å². The first-order valence-corrected chi connectivity index (χ1v) is 9.54. The molecule has 0 bridgehead atoms. The smallest absolute Gasteiger partial charge is 0.226 e. The van der Waals surface area contributed by atoms with E-state index < -0.39 is 0 Å². The zero-order valence-electron chi connectivity index (χ0n) is 15.4. The Balaban J connectivity index is 1.39. The molecule has 1 saturated heterocycles. The van der Waals surface area contributed by atoms with Gasteiger partial charge in [0, 0.05) is 29.6 Å². The van der Waals surface area contributed by atoms with Gasteiger partial charge in [-0.25, -0.2) is 0 Å². The first-order valence-electron chi connectivity index (χ1n) is 9.16. The molecule has 0 spiro atoms. The van der Waals surface area contributed by atoms with Crippen molar-refractivity contribution in [3.8, 4) is 0 Å². The second-order valence-corrected chi connectivity index (χ2v) is 7.49. The summed E-state index contributed by atoms with van der Waals surface area (Å²) >= 11 is 6.01. The number of carbonyl (C=O) groups is 2. The van der Waals surface area contributed by atoms with Crippen LogP contribution in [-0.2, 0) is 16.1 Å². The summed E-state index contributed by atoms with van der Waals surface area (Å²) in [5, 5.41) is 4.48. The third-order valence-corrected chi connectivity index (χ3v) is 5.18. The summed E-state index contributed by atoms with van der Waals surface area (Å²) in [6, 6.07) is 12.5. The maximum Gasteiger partial charge on any atom is 0.226 e. The summed E-state index contributed by atoms with van der Waals surface area (Å²) in [6.07, 6.45) is 1.91. The molecule has 2 aromatic heterocycles. The Bertz CT molecular complexity index is 1020. The van der Waals surface area contributed by atoms with Crippen LogP contribution in [0.5, 0.6) is 0 Å². The number of nitrogens with one attached hydrogen (secondary N) is 1. The first-order chi connectivity index (χ1) is 13.5. The van der Waals surface area contributed by atoms with Crippen LogP contribution in [0.2, 0.25) is 5.02 Å². The molecule has 1 N–H and O–H groups in total. The van der Waals surface area contributed by atoms with Gasteiger partial charge in [0.25, 0.3) is 0 Å². The predicted molar refractivity (Wildman–Crippen MR) is 106 cm³/mol. The lowest BCUT2D eigenvalue weighted by molar-refractivity contribution is -0.129. The van der Waals surface area contributed by atoms with E-state index in [0.717, 1.165) is 16.7 Å². The van der Waals surface area contributed by atoms with Gasteiger partial charge in [0.1, 0.15) is 11.3 Å². The number of benzene rings is 1. The molecule has 0 saturated carbocycles. The average molecular weight is 398 g/mol. The number of hydrogen-bond acceptors (Lipinski definition) is 4. The van der Waals surface area contributed by atoms with Gasteiger partial charge in [-0.1, -0.05) is 17.7 Å². The molecule has 2 amide bonds. The Morgan fingerprint density at radius 1 is 1.36 bits per heavy atom. The molecule has 0 unspecified atom stereocenters. The lowest BCUT2D eigenvalue weighted by Gasteiger charge is -2.17. The Labute approximate surface area is 167 Å². The molecule has 3 aromatic rings. The van der Waals surface area contributed by atoms with Crippen molar-refractivity contribution in [2.75, 3.05) is 6.54 Å². The minimum atomic E-state index is -0.377. The number of nitrogens with zero attached hydrogens (tertiary/aromatic N) is 2. The van der Waals surface area contributed by atoms with Crippen LogP contribution >= 0.6 is 11.6 Å². The van der Waals surface area contributed by atoms with E-state index in [-0.39, 0.29) is 30.2 Å². The Hall–Kier alpha value is -2.86. The molecule has 3 heterocycles. The van der Waals surface area contributed by atoms with Gasteiger partial charge in [-0.2, -0.15) is 0 Å². The van der Waals surface area contributed by atoms with Crippen LogP contribution in [0, 0.1) is 5.92 Å². The van der Waals surface area contributed by atoms with Crippen LogP contribution < -0.4 is 5.32 Å². The highest BCUT2D eigenvalue weighted by molar-refractivity contribution is 6.31. The molecule has 144 valence electrons. The van der Waals surface area contributed by atoms with Crippen molar-refractivity contribution in [3.05, 3.63) is 65.1 Å². The van der Waals surface area contributed by atoms with Gasteiger partial charge in [-0.05, 0) is 43.3 Å². The van der Waals surface area contributed by atoms with E-state index in [9.17, 15) is 9.59 Å². The molecule has 1 aliphatic heterocycles. The molecule has 28 heavy (non-hydrogen) atoms. The zero-order chi connectivity index (χ0) is 19.7. The minimum Gasteiger partial charge on any atom is -0.459 e. The van der Waals surface area contributed by atoms with Gasteiger partial charge < -0.3 is 14.6 Å². The van der Waals surface area contributed by atoms with Crippen molar-refractivity contribution in [2.45, 2.75) is 25.9 Å². The highest BCUT2D eigenvalue weighted by atomic mass is 35.5. The Morgan fingerprint density at radius 2 is 2.21 bits per heavy atom. The molecule has 1 aromatic carbocycles. The van der Waals surface area contributed by atoms with Crippen LogP contribution in [0.1, 0.15) is 30.8 Å². The maximum absolute atomic E-state index is 12.7. The fraction of sp³-hybridized carbons (Fsp3) is 0.286. The average Bonchev–Trinajstić information content (AvgIpc) is 3.26. The van der Waals surface area contributed by atoms with E-state index in [1.54, 1.807) is 23.2 Å². The lowest BCUT2D eigenvalue weighted by atomic mass is 10.1. The number of pyridine rings is 1. The maximum atomic E-state index is 12.7. The van der Waals surface area contributed by atoms with Gasteiger partial charge in [-0.3, -0.25) is 14.6 Å². The van der Waals surface area contributed by atoms with E-state index in [2.05, 4.69) is 10.3 Å². The standard InChI is InChI=1S/C21H20ClN3O3/c1-13(19-9-14-8-16(22)5-6-18(14)28-19)24-21(27)15-10-20(26)25(11-15)12-17-4-2-3-7-23-17/h2-9,13,15H,10-12H2,1H3,(H,24,27)/t13-,15-/m0/s1.